The summed E-state index contributed by atoms with van der Waals surface area (Å²) in [6.07, 6.45) is 2.97. The lowest BCUT2D eigenvalue weighted by atomic mass is 10.2. The summed E-state index contributed by atoms with van der Waals surface area (Å²) in [5, 5.41) is 0. The summed E-state index contributed by atoms with van der Waals surface area (Å²) < 4.78 is 14.7. The highest BCUT2D eigenvalue weighted by Gasteiger charge is 2.25. The fourth-order valence-corrected chi connectivity index (χ4v) is 3.78. The molecule has 0 unspecified atom stereocenters. The van der Waals surface area contributed by atoms with Gasteiger partial charge in [-0.25, -0.2) is 4.39 Å². The second-order valence-electron chi connectivity index (χ2n) is 6.63. The van der Waals surface area contributed by atoms with Gasteiger partial charge in [0.05, 0.1) is 12.1 Å². The highest BCUT2D eigenvalue weighted by molar-refractivity contribution is 9.10. The highest BCUT2D eigenvalue weighted by Crippen LogP contribution is 2.18. The van der Waals surface area contributed by atoms with Crippen molar-refractivity contribution in [1.29, 1.82) is 0 Å². The van der Waals surface area contributed by atoms with Crippen molar-refractivity contribution in [3.63, 3.8) is 0 Å². The Morgan fingerprint density at radius 2 is 1.68 bits per heavy atom. The maximum atomic E-state index is 14.0. The van der Waals surface area contributed by atoms with E-state index in [2.05, 4.69) is 20.8 Å². The topological polar surface area (TPSA) is 43.9 Å². The Morgan fingerprint density at radius 1 is 0.960 bits per heavy atom. The standard InChI is InChI=1S/C18H23BrFN3O2/c19-14-4-5-16(20)15(12-14)18(25)23-9-3-6-21(10-11-23)13-17(24)22-7-1-2-8-22/h4-5,12H,1-3,6-11,13H2. The van der Waals surface area contributed by atoms with Crippen LogP contribution >= 0.6 is 15.9 Å². The third-order valence-electron chi connectivity index (χ3n) is 4.85. The number of amides is 2. The van der Waals surface area contributed by atoms with Crippen LogP contribution in [0, 0.1) is 5.82 Å². The average molecular weight is 412 g/mol. The van der Waals surface area contributed by atoms with E-state index < -0.39 is 5.82 Å². The van der Waals surface area contributed by atoms with E-state index in [9.17, 15) is 14.0 Å². The molecule has 0 bridgehead atoms. The Kier molecular flexibility index (Phi) is 6.06. The second-order valence-corrected chi connectivity index (χ2v) is 7.55. The summed E-state index contributed by atoms with van der Waals surface area (Å²) in [5.74, 6) is -0.611. The molecule has 2 aliphatic rings. The Labute approximate surface area is 155 Å². The van der Waals surface area contributed by atoms with Crippen LogP contribution in [0.1, 0.15) is 29.6 Å². The Morgan fingerprint density at radius 3 is 2.44 bits per heavy atom. The lowest BCUT2D eigenvalue weighted by Crippen LogP contribution is -2.41. The van der Waals surface area contributed by atoms with Crippen LogP contribution in [0.5, 0.6) is 0 Å². The quantitative estimate of drug-likeness (QED) is 0.766. The van der Waals surface area contributed by atoms with Gasteiger partial charge in [-0.3, -0.25) is 14.5 Å². The summed E-state index contributed by atoms with van der Waals surface area (Å²) >= 11 is 3.29. The van der Waals surface area contributed by atoms with Crippen LogP contribution in [-0.2, 0) is 4.79 Å². The third-order valence-corrected chi connectivity index (χ3v) is 5.35. The monoisotopic (exact) mass is 411 g/mol. The molecular formula is C18H23BrFN3O2. The minimum Gasteiger partial charge on any atom is -0.342 e. The minimum absolute atomic E-state index is 0.0935. The van der Waals surface area contributed by atoms with E-state index in [-0.39, 0.29) is 17.4 Å². The summed E-state index contributed by atoms with van der Waals surface area (Å²) in [6, 6.07) is 4.41. The zero-order chi connectivity index (χ0) is 17.8. The first kappa shape index (κ1) is 18.3. The number of carbonyl (C=O) groups excluding carboxylic acids is 2. The number of hydrogen-bond donors (Lipinski definition) is 0. The van der Waals surface area contributed by atoms with Crippen LogP contribution in [0.4, 0.5) is 4.39 Å². The van der Waals surface area contributed by atoms with E-state index in [4.69, 9.17) is 0 Å². The molecule has 2 aliphatic heterocycles. The molecule has 2 heterocycles. The van der Waals surface area contributed by atoms with E-state index in [1.165, 1.54) is 12.1 Å². The zero-order valence-corrected chi connectivity index (χ0v) is 15.8. The maximum absolute atomic E-state index is 14.0. The van der Waals surface area contributed by atoms with Crippen LogP contribution < -0.4 is 0 Å². The van der Waals surface area contributed by atoms with E-state index in [1.807, 2.05) is 4.90 Å². The largest absolute Gasteiger partial charge is 0.342 e. The molecule has 1 aromatic rings. The molecule has 1 aromatic carbocycles. The number of rotatable bonds is 3. The fourth-order valence-electron chi connectivity index (χ4n) is 3.42. The molecule has 0 atom stereocenters. The Hall–Kier alpha value is -1.47. The summed E-state index contributed by atoms with van der Waals surface area (Å²) in [4.78, 5) is 30.6. The van der Waals surface area contributed by atoms with Crippen molar-refractivity contribution in [1.82, 2.24) is 14.7 Å². The number of likely N-dealkylation sites (tertiary alicyclic amines) is 1. The van der Waals surface area contributed by atoms with Gasteiger partial charge in [-0.15, -0.1) is 0 Å². The van der Waals surface area contributed by atoms with Crippen molar-refractivity contribution in [2.45, 2.75) is 19.3 Å². The molecule has 0 radical (unpaired) electrons. The van der Waals surface area contributed by atoms with Gasteiger partial charge in [0.2, 0.25) is 5.91 Å². The van der Waals surface area contributed by atoms with Gasteiger partial charge in [0.15, 0.2) is 0 Å². The molecule has 0 aromatic heterocycles. The molecule has 3 rings (SSSR count). The molecule has 2 amide bonds. The molecule has 5 nitrogen and oxygen atoms in total. The van der Waals surface area contributed by atoms with E-state index in [0.717, 1.165) is 38.9 Å². The van der Waals surface area contributed by atoms with Gasteiger partial charge < -0.3 is 9.80 Å². The normalized spacial score (nSPS) is 19.1. The molecule has 0 N–H and O–H groups in total. The van der Waals surface area contributed by atoms with Crippen LogP contribution in [0.25, 0.3) is 0 Å². The molecule has 0 saturated carbocycles. The summed E-state index contributed by atoms with van der Waals surface area (Å²) in [7, 11) is 0. The predicted octanol–water partition coefficient (Wildman–Crippen LogP) is 2.36. The van der Waals surface area contributed by atoms with Crippen molar-refractivity contribution < 1.29 is 14.0 Å². The molecule has 2 fully saturated rings. The zero-order valence-electron chi connectivity index (χ0n) is 14.2. The van der Waals surface area contributed by atoms with Gasteiger partial charge >= 0.3 is 0 Å². The number of hydrogen-bond acceptors (Lipinski definition) is 3. The molecule has 2 saturated heterocycles. The van der Waals surface area contributed by atoms with Crippen LogP contribution in [-0.4, -0.2) is 72.3 Å². The van der Waals surface area contributed by atoms with Gasteiger partial charge in [-0.1, -0.05) is 15.9 Å². The van der Waals surface area contributed by atoms with Crippen LogP contribution in [0.2, 0.25) is 0 Å². The number of carbonyl (C=O) groups is 2. The van der Waals surface area contributed by atoms with E-state index >= 15 is 0 Å². The fraction of sp³-hybridized carbons (Fsp3) is 0.556. The summed E-state index contributed by atoms with van der Waals surface area (Å²) in [6.45, 7) is 4.65. The van der Waals surface area contributed by atoms with Crippen molar-refractivity contribution in [2.75, 3.05) is 45.8 Å². The third kappa shape index (κ3) is 4.58. The number of nitrogens with zero attached hydrogens (tertiary/aromatic N) is 3. The first-order valence-corrected chi connectivity index (χ1v) is 9.58. The number of benzene rings is 1. The van der Waals surface area contributed by atoms with Crippen LogP contribution in [0.3, 0.4) is 0 Å². The van der Waals surface area contributed by atoms with E-state index in [0.29, 0.717) is 30.7 Å². The lowest BCUT2D eigenvalue weighted by molar-refractivity contribution is -0.131. The number of halogens is 2. The van der Waals surface area contributed by atoms with Gasteiger partial charge in [-0.2, -0.15) is 0 Å². The molecule has 0 aliphatic carbocycles. The maximum Gasteiger partial charge on any atom is 0.256 e. The minimum atomic E-state index is -0.501. The molecule has 25 heavy (non-hydrogen) atoms. The van der Waals surface area contributed by atoms with Gasteiger partial charge in [0.1, 0.15) is 5.82 Å². The van der Waals surface area contributed by atoms with Crippen molar-refractivity contribution >= 4 is 27.7 Å². The van der Waals surface area contributed by atoms with Crippen molar-refractivity contribution in [3.05, 3.63) is 34.1 Å². The van der Waals surface area contributed by atoms with Crippen molar-refractivity contribution in [3.8, 4) is 0 Å². The lowest BCUT2D eigenvalue weighted by Gasteiger charge is -2.24. The SMILES string of the molecule is O=C(CN1CCCN(C(=O)c2cc(Br)ccc2F)CC1)N1CCCC1. The van der Waals surface area contributed by atoms with Gasteiger partial charge in [-0.05, 0) is 37.5 Å². The summed E-state index contributed by atoms with van der Waals surface area (Å²) in [5.41, 5.74) is 0.0935. The second kappa shape index (κ2) is 8.27. The predicted molar refractivity (Wildman–Crippen MR) is 96.9 cm³/mol. The molecule has 136 valence electrons. The van der Waals surface area contributed by atoms with Gasteiger partial charge in [0, 0.05) is 43.7 Å². The average Bonchev–Trinajstić information content (AvgIpc) is 3.04. The molecular weight excluding hydrogens is 389 g/mol. The first-order chi connectivity index (χ1) is 12.0. The van der Waals surface area contributed by atoms with Crippen LogP contribution in [0.15, 0.2) is 22.7 Å². The molecule has 0 spiro atoms. The smallest absolute Gasteiger partial charge is 0.256 e. The van der Waals surface area contributed by atoms with Gasteiger partial charge in [0.25, 0.3) is 5.91 Å². The highest BCUT2D eigenvalue weighted by atomic mass is 79.9. The Balaban J connectivity index is 1.58. The van der Waals surface area contributed by atoms with Crippen molar-refractivity contribution in [2.24, 2.45) is 0 Å². The Bertz CT molecular complexity index is 649. The van der Waals surface area contributed by atoms with E-state index in [1.54, 1.807) is 11.0 Å². The first-order valence-electron chi connectivity index (χ1n) is 8.79. The molecule has 7 heteroatoms.